The van der Waals surface area contributed by atoms with Crippen molar-refractivity contribution in [3.8, 4) is 0 Å². The quantitative estimate of drug-likeness (QED) is 0.652. The van der Waals surface area contributed by atoms with Crippen LogP contribution in [0.5, 0.6) is 0 Å². The first kappa shape index (κ1) is 19.5. The second-order valence-corrected chi connectivity index (χ2v) is 8.02. The molecule has 0 N–H and O–H groups in total. The van der Waals surface area contributed by atoms with Crippen LogP contribution in [0, 0.1) is 17.8 Å². The number of carbonyl (C=O) groups excluding carboxylic acids is 3. The summed E-state index contributed by atoms with van der Waals surface area (Å²) in [5.74, 6) is -5.41. The Hall–Kier alpha value is -3.42. The van der Waals surface area contributed by atoms with Gasteiger partial charge in [-0.05, 0) is 29.7 Å². The molecule has 0 radical (unpaired) electrons. The van der Waals surface area contributed by atoms with Gasteiger partial charge >= 0.3 is 12.1 Å². The highest BCUT2D eigenvalue weighted by Crippen LogP contribution is 2.53. The predicted octanol–water partition coefficient (Wildman–Crippen LogP) is 3.80. The number of hydrogen-bond donors (Lipinski definition) is 0. The summed E-state index contributed by atoms with van der Waals surface area (Å²) in [4.78, 5) is 40.9. The Morgan fingerprint density at radius 1 is 0.903 bits per heavy atom. The van der Waals surface area contributed by atoms with Gasteiger partial charge in [-0.3, -0.25) is 19.3 Å². The molecule has 3 amide bonds. The van der Waals surface area contributed by atoms with Gasteiger partial charge < -0.3 is 0 Å². The van der Waals surface area contributed by atoms with E-state index >= 15 is 0 Å². The Morgan fingerprint density at radius 3 is 2.19 bits per heavy atom. The molecule has 5 rings (SSSR count). The van der Waals surface area contributed by atoms with E-state index in [1.54, 1.807) is 61.5 Å². The molecule has 31 heavy (non-hydrogen) atoms. The first-order chi connectivity index (χ1) is 14.7. The molecule has 8 heteroatoms. The highest BCUT2D eigenvalue weighted by Gasteiger charge is 2.61. The zero-order valence-electron chi connectivity index (χ0n) is 16.3. The number of imide groups is 1. The largest absolute Gasteiger partial charge is 0.471 e. The Balaban J connectivity index is 1.68. The van der Waals surface area contributed by atoms with Gasteiger partial charge in [-0.15, -0.1) is 0 Å². The van der Waals surface area contributed by atoms with Crippen molar-refractivity contribution in [2.45, 2.75) is 19.1 Å². The number of allylic oxidation sites excluding steroid dienone is 1. The molecule has 0 saturated carbocycles. The Labute approximate surface area is 175 Å². The summed E-state index contributed by atoms with van der Waals surface area (Å²) < 4.78 is 40.6. The molecular weight excluding hydrogens is 409 g/mol. The maximum atomic E-state index is 13.5. The van der Waals surface area contributed by atoms with Crippen molar-refractivity contribution in [3.05, 3.63) is 66.2 Å². The summed E-state index contributed by atoms with van der Waals surface area (Å²) in [6.45, 7) is 1.78. The van der Waals surface area contributed by atoms with E-state index in [0.29, 0.717) is 21.7 Å². The van der Waals surface area contributed by atoms with Crippen LogP contribution in [0.25, 0.3) is 5.57 Å². The fourth-order valence-electron chi connectivity index (χ4n) is 5.11. The van der Waals surface area contributed by atoms with Crippen molar-refractivity contribution in [1.29, 1.82) is 0 Å². The minimum atomic E-state index is -5.12. The van der Waals surface area contributed by atoms with Crippen molar-refractivity contribution >= 4 is 34.7 Å². The Bertz CT molecular complexity index is 1140. The number of carbonyl (C=O) groups is 3. The minimum Gasteiger partial charge on any atom is -0.296 e. The molecule has 0 bridgehead atoms. The summed E-state index contributed by atoms with van der Waals surface area (Å²) in [5.41, 5.74) is 1.43. The highest BCUT2D eigenvalue weighted by atomic mass is 19.4. The normalized spacial score (nSPS) is 27.0. The molecule has 0 spiro atoms. The molecule has 2 aromatic rings. The average molecular weight is 426 g/mol. The number of rotatable bonds is 1. The second kappa shape index (κ2) is 6.54. The zero-order valence-corrected chi connectivity index (χ0v) is 16.3. The van der Waals surface area contributed by atoms with Crippen LogP contribution in [0.3, 0.4) is 0 Å². The molecule has 1 aliphatic carbocycles. The van der Waals surface area contributed by atoms with Crippen LogP contribution in [0.2, 0.25) is 0 Å². The third-order valence-corrected chi connectivity index (χ3v) is 6.29. The van der Waals surface area contributed by atoms with Crippen LogP contribution < -0.4 is 9.80 Å². The van der Waals surface area contributed by atoms with Crippen LogP contribution in [-0.4, -0.2) is 29.9 Å². The van der Waals surface area contributed by atoms with Gasteiger partial charge in [0, 0.05) is 5.56 Å². The number of para-hydroxylation sites is 2. The Morgan fingerprint density at radius 2 is 1.52 bits per heavy atom. The third-order valence-electron chi connectivity index (χ3n) is 6.29. The minimum absolute atomic E-state index is 0.104. The van der Waals surface area contributed by atoms with Gasteiger partial charge in [0.25, 0.3) is 0 Å². The van der Waals surface area contributed by atoms with E-state index in [2.05, 4.69) is 0 Å². The van der Waals surface area contributed by atoms with E-state index in [-0.39, 0.29) is 11.6 Å². The summed E-state index contributed by atoms with van der Waals surface area (Å²) in [5, 5.41) is 0. The van der Waals surface area contributed by atoms with Crippen LogP contribution in [0.1, 0.15) is 12.5 Å². The maximum Gasteiger partial charge on any atom is 0.471 e. The average Bonchev–Trinajstić information content (AvgIpc) is 3.19. The molecule has 2 heterocycles. The van der Waals surface area contributed by atoms with Crippen molar-refractivity contribution < 1.29 is 27.6 Å². The number of amides is 3. The number of halogens is 3. The summed E-state index contributed by atoms with van der Waals surface area (Å²) in [6.07, 6.45) is -3.39. The highest BCUT2D eigenvalue weighted by molar-refractivity contribution is 6.24. The monoisotopic (exact) mass is 426 g/mol. The topological polar surface area (TPSA) is 57.7 Å². The van der Waals surface area contributed by atoms with Gasteiger partial charge in [-0.1, -0.05) is 49.4 Å². The number of alkyl halides is 3. The third kappa shape index (κ3) is 2.67. The Kier molecular flexibility index (Phi) is 4.12. The number of hydrogen-bond acceptors (Lipinski definition) is 3. The number of fused-ring (bicyclic) bond motifs is 5. The van der Waals surface area contributed by atoms with E-state index in [1.165, 1.54) is 6.07 Å². The van der Waals surface area contributed by atoms with Crippen molar-refractivity contribution in [2.24, 2.45) is 17.8 Å². The molecule has 1 fully saturated rings. The first-order valence-corrected chi connectivity index (χ1v) is 9.86. The maximum absolute atomic E-state index is 13.5. The first-order valence-electron chi connectivity index (χ1n) is 9.86. The van der Waals surface area contributed by atoms with E-state index < -0.39 is 41.8 Å². The SMILES string of the molecule is C[C@H]1C=C2c3ccccc3N(C(=O)C(F)(F)F)C2[C@H]2C(=O)N(c3ccccc3)C(=O)[C@H]21. The standard InChI is InChI=1S/C23H17F3N2O3/c1-12-11-15-14-9-5-6-10-16(14)28(22(31)23(24,25)26)19(15)18-17(12)20(29)27(21(18)30)13-7-3-2-4-8-13/h2-12,17-19H,1H3/t12-,17-,18-,19?/m0/s1. The van der Waals surface area contributed by atoms with Gasteiger partial charge in [0.05, 0.1) is 29.3 Å². The zero-order chi connectivity index (χ0) is 22.1. The van der Waals surface area contributed by atoms with E-state index in [4.69, 9.17) is 0 Å². The smallest absolute Gasteiger partial charge is 0.296 e. The van der Waals surface area contributed by atoms with Crippen LogP contribution in [0.4, 0.5) is 24.5 Å². The van der Waals surface area contributed by atoms with Gasteiger partial charge in [0.2, 0.25) is 11.8 Å². The van der Waals surface area contributed by atoms with Crippen molar-refractivity contribution in [3.63, 3.8) is 0 Å². The molecule has 4 atom stereocenters. The lowest BCUT2D eigenvalue weighted by atomic mass is 9.71. The molecule has 158 valence electrons. The number of nitrogens with zero attached hydrogens (tertiary/aromatic N) is 2. The molecule has 3 aliphatic rings. The second-order valence-electron chi connectivity index (χ2n) is 8.02. The molecule has 1 saturated heterocycles. The summed E-state index contributed by atoms with van der Waals surface area (Å²) in [6, 6.07) is 13.4. The van der Waals surface area contributed by atoms with Gasteiger partial charge in [0.15, 0.2) is 0 Å². The van der Waals surface area contributed by atoms with Crippen LogP contribution in [0.15, 0.2) is 60.7 Å². The molecule has 2 aliphatic heterocycles. The summed E-state index contributed by atoms with van der Waals surface area (Å²) in [7, 11) is 0. The number of benzene rings is 2. The van der Waals surface area contributed by atoms with E-state index in [0.717, 1.165) is 4.90 Å². The van der Waals surface area contributed by atoms with Gasteiger partial charge in [0.1, 0.15) is 0 Å². The van der Waals surface area contributed by atoms with Gasteiger partial charge in [-0.25, -0.2) is 4.90 Å². The lowest BCUT2D eigenvalue weighted by molar-refractivity contribution is -0.171. The predicted molar refractivity (Wildman–Crippen MR) is 107 cm³/mol. The van der Waals surface area contributed by atoms with Crippen molar-refractivity contribution in [1.82, 2.24) is 0 Å². The lowest BCUT2D eigenvalue weighted by Crippen LogP contribution is -2.52. The lowest BCUT2D eigenvalue weighted by Gasteiger charge is -2.36. The van der Waals surface area contributed by atoms with E-state index in [1.807, 2.05) is 0 Å². The van der Waals surface area contributed by atoms with Crippen LogP contribution >= 0.6 is 0 Å². The van der Waals surface area contributed by atoms with Crippen LogP contribution in [-0.2, 0) is 14.4 Å². The van der Waals surface area contributed by atoms with Crippen molar-refractivity contribution in [2.75, 3.05) is 9.80 Å². The fraction of sp³-hybridized carbons (Fsp3) is 0.261. The molecule has 5 nitrogen and oxygen atoms in total. The van der Waals surface area contributed by atoms with E-state index in [9.17, 15) is 27.6 Å². The fourth-order valence-corrected chi connectivity index (χ4v) is 5.11. The molecule has 0 aromatic heterocycles. The van der Waals surface area contributed by atoms with Gasteiger partial charge in [-0.2, -0.15) is 13.2 Å². The molecule has 1 unspecified atom stereocenters. The molecular formula is C23H17F3N2O3. The summed E-state index contributed by atoms with van der Waals surface area (Å²) >= 11 is 0. The number of anilines is 2. The molecule has 2 aromatic carbocycles.